The lowest BCUT2D eigenvalue weighted by molar-refractivity contribution is -0.435. The third-order valence-electron chi connectivity index (χ3n) is 3.01. The molecule has 0 bridgehead atoms. The maximum Gasteiger partial charge on any atom is 0.277 e. The molecule has 5 heteroatoms. The summed E-state index contributed by atoms with van der Waals surface area (Å²) in [5.41, 5.74) is 6.61. The quantitative estimate of drug-likeness (QED) is 0.831. The molecule has 4 nitrogen and oxygen atoms in total. The summed E-state index contributed by atoms with van der Waals surface area (Å²) in [6, 6.07) is 8.56. The second-order valence-electron chi connectivity index (χ2n) is 5.51. The molecular weight excluding hydrogens is 270 g/mol. The van der Waals surface area contributed by atoms with Crippen LogP contribution in [-0.4, -0.2) is 10.2 Å². The van der Waals surface area contributed by atoms with Crippen molar-refractivity contribution in [3.05, 3.63) is 41.3 Å². The first-order valence-electron chi connectivity index (χ1n) is 6.89. The average Bonchev–Trinajstić information content (AvgIpc) is 2.86. The van der Waals surface area contributed by atoms with Gasteiger partial charge in [0.25, 0.3) is 11.1 Å². The predicted molar refractivity (Wildman–Crippen MR) is 80.1 cm³/mol. The van der Waals surface area contributed by atoms with Crippen LogP contribution in [-0.2, 0) is 5.75 Å². The van der Waals surface area contributed by atoms with Gasteiger partial charge in [0.05, 0.1) is 0 Å². The zero-order valence-corrected chi connectivity index (χ0v) is 13.1. The van der Waals surface area contributed by atoms with Crippen molar-refractivity contribution in [3.63, 3.8) is 0 Å². The Balaban J connectivity index is 1.91. The molecule has 1 aromatic heterocycles. The molecular formula is C15H22N3OS+. The zero-order valence-electron chi connectivity index (χ0n) is 12.3. The lowest BCUT2D eigenvalue weighted by Crippen LogP contribution is -2.54. The number of thioether (sulfide) groups is 1. The van der Waals surface area contributed by atoms with Crippen molar-refractivity contribution in [1.29, 1.82) is 0 Å². The molecule has 2 aromatic rings. The monoisotopic (exact) mass is 292 g/mol. The normalized spacial score (nSPS) is 12.8. The van der Waals surface area contributed by atoms with E-state index in [1.54, 1.807) is 11.8 Å². The number of aromatic nitrogens is 2. The van der Waals surface area contributed by atoms with E-state index in [4.69, 9.17) is 4.42 Å². The molecule has 1 aromatic carbocycles. The van der Waals surface area contributed by atoms with E-state index >= 15 is 0 Å². The van der Waals surface area contributed by atoms with Gasteiger partial charge < -0.3 is 10.2 Å². The molecule has 0 aliphatic heterocycles. The molecule has 0 radical (unpaired) electrons. The Hall–Kier alpha value is -1.33. The van der Waals surface area contributed by atoms with Crippen LogP contribution in [0.4, 0.5) is 0 Å². The van der Waals surface area contributed by atoms with Gasteiger partial charge in [0, 0.05) is 12.2 Å². The molecule has 3 N–H and O–H groups in total. The molecule has 0 spiro atoms. The first-order valence-corrected chi connectivity index (χ1v) is 7.88. The highest BCUT2D eigenvalue weighted by Gasteiger charge is 2.19. The SMILES string of the molecule is Cc1ccc(CSc2nnc(C([NH3+])CC(C)C)o2)cc1. The highest BCUT2D eigenvalue weighted by molar-refractivity contribution is 7.98. The topological polar surface area (TPSA) is 66.6 Å². The van der Waals surface area contributed by atoms with E-state index in [9.17, 15) is 0 Å². The van der Waals surface area contributed by atoms with Gasteiger partial charge in [-0.1, -0.05) is 55.4 Å². The van der Waals surface area contributed by atoms with Crippen LogP contribution in [0, 0.1) is 12.8 Å². The Labute approximate surface area is 124 Å². The second kappa shape index (κ2) is 6.90. The standard InChI is InChI=1S/C15H21N3OS/c1-10(2)8-13(16)14-17-18-15(19-14)20-9-12-6-4-11(3)5-7-12/h4-7,10,13H,8-9,16H2,1-3H3/p+1. The molecule has 0 saturated carbocycles. The first kappa shape index (κ1) is 15.1. The molecule has 1 heterocycles. The van der Waals surface area contributed by atoms with Crippen LogP contribution in [0.25, 0.3) is 0 Å². The Morgan fingerprint density at radius 2 is 1.90 bits per heavy atom. The number of rotatable bonds is 6. The van der Waals surface area contributed by atoms with Crippen molar-refractivity contribution in [3.8, 4) is 0 Å². The number of nitrogens with zero attached hydrogens (tertiary/aromatic N) is 2. The van der Waals surface area contributed by atoms with E-state index in [2.05, 4.69) is 61.0 Å². The van der Waals surface area contributed by atoms with Gasteiger partial charge in [-0.3, -0.25) is 0 Å². The summed E-state index contributed by atoms with van der Waals surface area (Å²) in [7, 11) is 0. The molecule has 0 aliphatic rings. The predicted octanol–water partition coefficient (Wildman–Crippen LogP) is 3.00. The Morgan fingerprint density at radius 3 is 2.55 bits per heavy atom. The summed E-state index contributed by atoms with van der Waals surface area (Å²) < 4.78 is 5.67. The molecule has 0 amide bonds. The summed E-state index contributed by atoms with van der Waals surface area (Å²) in [6.45, 7) is 6.42. The summed E-state index contributed by atoms with van der Waals surface area (Å²) >= 11 is 1.57. The van der Waals surface area contributed by atoms with Gasteiger partial charge in [-0.25, -0.2) is 0 Å². The molecule has 108 valence electrons. The fourth-order valence-corrected chi connectivity index (χ4v) is 2.67. The minimum atomic E-state index is 0.0798. The molecule has 2 rings (SSSR count). The largest absolute Gasteiger partial charge is 0.410 e. The van der Waals surface area contributed by atoms with E-state index < -0.39 is 0 Å². The highest BCUT2D eigenvalue weighted by Crippen LogP contribution is 2.24. The van der Waals surface area contributed by atoms with Gasteiger partial charge in [0.1, 0.15) is 0 Å². The third-order valence-corrected chi connectivity index (χ3v) is 3.90. The van der Waals surface area contributed by atoms with Crippen LogP contribution in [0.15, 0.2) is 33.9 Å². The lowest BCUT2D eigenvalue weighted by atomic mass is 10.1. The van der Waals surface area contributed by atoms with Crippen LogP contribution in [0.5, 0.6) is 0 Å². The summed E-state index contributed by atoms with van der Waals surface area (Å²) in [4.78, 5) is 0. The fourth-order valence-electron chi connectivity index (χ4n) is 1.94. The highest BCUT2D eigenvalue weighted by atomic mass is 32.2. The van der Waals surface area contributed by atoms with Gasteiger partial charge in [0.2, 0.25) is 0 Å². The lowest BCUT2D eigenvalue weighted by Gasteiger charge is -2.05. The van der Waals surface area contributed by atoms with Crippen molar-refractivity contribution >= 4 is 11.8 Å². The van der Waals surface area contributed by atoms with Crippen LogP contribution in [0.1, 0.15) is 43.3 Å². The van der Waals surface area contributed by atoms with Crippen LogP contribution in [0.2, 0.25) is 0 Å². The number of benzene rings is 1. The van der Waals surface area contributed by atoms with Gasteiger partial charge in [-0.2, -0.15) is 0 Å². The minimum Gasteiger partial charge on any atom is -0.410 e. The summed E-state index contributed by atoms with van der Waals surface area (Å²) in [6.07, 6.45) is 0.963. The van der Waals surface area contributed by atoms with Crippen molar-refractivity contribution < 1.29 is 10.2 Å². The smallest absolute Gasteiger partial charge is 0.277 e. The van der Waals surface area contributed by atoms with Crippen LogP contribution >= 0.6 is 11.8 Å². The van der Waals surface area contributed by atoms with E-state index in [1.165, 1.54) is 11.1 Å². The van der Waals surface area contributed by atoms with Crippen LogP contribution in [0.3, 0.4) is 0 Å². The maximum atomic E-state index is 5.67. The number of quaternary nitrogens is 1. The van der Waals surface area contributed by atoms with E-state index in [0.29, 0.717) is 17.0 Å². The number of aryl methyl sites for hydroxylation is 1. The maximum absolute atomic E-state index is 5.67. The molecule has 1 unspecified atom stereocenters. The van der Waals surface area contributed by atoms with E-state index in [0.717, 1.165) is 12.2 Å². The fraction of sp³-hybridized carbons (Fsp3) is 0.467. The van der Waals surface area contributed by atoms with Crippen molar-refractivity contribution in [2.45, 2.75) is 44.2 Å². The van der Waals surface area contributed by atoms with E-state index in [1.807, 2.05) is 0 Å². The first-order chi connectivity index (χ1) is 9.54. The van der Waals surface area contributed by atoms with Crippen molar-refractivity contribution in [2.24, 2.45) is 5.92 Å². The molecule has 20 heavy (non-hydrogen) atoms. The van der Waals surface area contributed by atoms with E-state index in [-0.39, 0.29) is 6.04 Å². The molecule has 0 fully saturated rings. The van der Waals surface area contributed by atoms with Gasteiger partial charge in [0.15, 0.2) is 6.04 Å². The number of hydrogen-bond donors (Lipinski definition) is 1. The van der Waals surface area contributed by atoms with Gasteiger partial charge in [-0.15, -0.1) is 10.2 Å². The second-order valence-corrected chi connectivity index (χ2v) is 6.43. The Morgan fingerprint density at radius 1 is 1.20 bits per heavy atom. The average molecular weight is 292 g/mol. The number of hydrogen-bond acceptors (Lipinski definition) is 4. The van der Waals surface area contributed by atoms with Crippen LogP contribution < -0.4 is 5.73 Å². The third kappa shape index (κ3) is 4.35. The summed E-state index contributed by atoms with van der Waals surface area (Å²) in [5.74, 6) is 2.06. The molecule has 1 atom stereocenters. The minimum absolute atomic E-state index is 0.0798. The molecule has 0 aliphatic carbocycles. The molecule has 0 saturated heterocycles. The Bertz CT molecular complexity index is 536. The Kier molecular flexibility index (Phi) is 5.20. The van der Waals surface area contributed by atoms with Crippen molar-refractivity contribution in [1.82, 2.24) is 10.2 Å². The summed E-state index contributed by atoms with van der Waals surface area (Å²) in [5, 5.41) is 8.80. The van der Waals surface area contributed by atoms with Crippen molar-refractivity contribution in [2.75, 3.05) is 0 Å². The van der Waals surface area contributed by atoms with Gasteiger partial charge >= 0.3 is 0 Å². The zero-order chi connectivity index (χ0) is 14.5. The van der Waals surface area contributed by atoms with Gasteiger partial charge in [-0.05, 0) is 18.4 Å².